The number of hydrogen-bond acceptors (Lipinski definition) is 1. The Morgan fingerprint density at radius 1 is 1.70 bits per heavy atom. The summed E-state index contributed by atoms with van der Waals surface area (Å²) in [5.74, 6) is 0. The molecule has 1 aliphatic rings. The van der Waals surface area contributed by atoms with Crippen molar-refractivity contribution in [3.05, 3.63) is 36.0 Å². The zero-order valence-electron chi connectivity index (χ0n) is 5.80. The van der Waals surface area contributed by atoms with E-state index in [0.29, 0.717) is 0 Å². The minimum Gasteiger partial charge on any atom is -0.193 e. The fraction of sp³-hybridized carbons (Fsp3) is 0.222. The Balaban J connectivity index is 2.82. The molecule has 1 heteroatoms. The third-order valence-corrected chi connectivity index (χ3v) is 1.51. The Morgan fingerprint density at radius 3 is 3.10 bits per heavy atom. The van der Waals surface area contributed by atoms with Gasteiger partial charge in [-0.1, -0.05) is 18.7 Å². The van der Waals surface area contributed by atoms with E-state index >= 15 is 0 Å². The molecule has 0 aromatic rings. The highest BCUT2D eigenvalue weighted by Crippen LogP contribution is 2.16. The molecule has 1 nitrogen and oxygen atoms in total. The van der Waals surface area contributed by atoms with Crippen molar-refractivity contribution in [3.63, 3.8) is 0 Å². The summed E-state index contributed by atoms with van der Waals surface area (Å²) in [5, 5.41) is 8.52. The maximum atomic E-state index is 8.52. The summed E-state index contributed by atoms with van der Waals surface area (Å²) in [5.41, 5.74) is 1.93. The zero-order valence-corrected chi connectivity index (χ0v) is 5.80. The van der Waals surface area contributed by atoms with Crippen molar-refractivity contribution in [1.82, 2.24) is 0 Å². The van der Waals surface area contributed by atoms with E-state index in [0.717, 1.165) is 24.0 Å². The molecule has 0 atom stereocenters. The Labute approximate surface area is 61.0 Å². The molecule has 1 aliphatic carbocycles. The quantitative estimate of drug-likeness (QED) is 0.535. The largest absolute Gasteiger partial charge is 0.193 e. The molecule has 0 aromatic heterocycles. The molecule has 0 saturated carbocycles. The van der Waals surface area contributed by atoms with E-state index in [-0.39, 0.29) is 0 Å². The fourth-order valence-corrected chi connectivity index (χ4v) is 0.957. The van der Waals surface area contributed by atoms with Crippen LogP contribution < -0.4 is 0 Å². The first-order valence-electron chi connectivity index (χ1n) is 3.30. The third kappa shape index (κ3) is 1.35. The monoisotopic (exact) mass is 131 g/mol. The fourth-order valence-electron chi connectivity index (χ4n) is 0.957. The molecule has 0 radical (unpaired) electrons. The van der Waals surface area contributed by atoms with Gasteiger partial charge in [-0.05, 0) is 24.5 Å². The summed E-state index contributed by atoms with van der Waals surface area (Å²) < 4.78 is 0. The highest BCUT2D eigenvalue weighted by atomic mass is 14.2. The Hall–Kier alpha value is -1.29. The molecule has 0 heterocycles. The molecule has 0 aliphatic heterocycles. The predicted molar refractivity (Wildman–Crippen MR) is 41.2 cm³/mol. The number of nitriles is 1. The van der Waals surface area contributed by atoms with Crippen LogP contribution in [0.5, 0.6) is 0 Å². The van der Waals surface area contributed by atoms with Crippen molar-refractivity contribution in [1.29, 1.82) is 5.26 Å². The SMILES string of the molecule is C=CC1=CCCC(C#N)=C1. The number of allylic oxidation sites excluding steroid dienone is 5. The van der Waals surface area contributed by atoms with Crippen molar-refractivity contribution in [3.8, 4) is 6.07 Å². The molecule has 0 N–H and O–H groups in total. The molecule has 0 amide bonds. The van der Waals surface area contributed by atoms with Crippen molar-refractivity contribution >= 4 is 0 Å². The lowest BCUT2D eigenvalue weighted by Gasteiger charge is -2.03. The van der Waals surface area contributed by atoms with Crippen molar-refractivity contribution in [2.24, 2.45) is 0 Å². The van der Waals surface area contributed by atoms with Crippen LogP contribution in [0.4, 0.5) is 0 Å². The highest BCUT2D eigenvalue weighted by Gasteiger charge is 2.00. The normalized spacial score (nSPS) is 16.7. The van der Waals surface area contributed by atoms with Gasteiger partial charge in [0.1, 0.15) is 0 Å². The van der Waals surface area contributed by atoms with E-state index in [9.17, 15) is 0 Å². The van der Waals surface area contributed by atoms with Crippen LogP contribution >= 0.6 is 0 Å². The molecule has 50 valence electrons. The van der Waals surface area contributed by atoms with Gasteiger partial charge in [0.25, 0.3) is 0 Å². The molecular formula is C9H9N. The first-order valence-corrected chi connectivity index (χ1v) is 3.30. The van der Waals surface area contributed by atoms with Crippen molar-refractivity contribution < 1.29 is 0 Å². The van der Waals surface area contributed by atoms with Gasteiger partial charge in [-0.15, -0.1) is 0 Å². The van der Waals surface area contributed by atoms with E-state index in [1.165, 1.54) is 0 Å². The van der Waals surface area contributed by atoms with Crippen LogP contribution in [0.15, 0.2) is 36.0 Å². The van der Waals surface area contributed by atoms with Gasteiger partial charge in [-0.25, -0.2) is 0 Å². The average Bonchev–Trinajstić information content (AvgIpc) is 2.05. The van der Waals surface area contributed by atoms with E-state index in [1.807, 2.05) is 6.08 Å². The van der Waals surface area contributed by atoms with Crippen LogP contribution in [-0.4, -0.2) is 0 Å². The van der Waals surface area contributed by atoms with Gasteiger partial charge in [-0.2, -0.15) is 5.26 Å². The maximum absolute atomic E-state index is 8.52. The highest BCUT2D eigenvalue weighted by molar-refractivity contribution is 5.40. The second-order valence-corrected chi connectivity index (χ2v) is 2.23. The lowest BCUT2D eigenvalue weighted by molar-refractivity contribution is 0.984. The Kier molecular flexibility index (Phi) is 2.07. The number of rotatable bonds is 1. The molecule has 0 spiro atoms. The van der Waals surface area contributed by atoms with Crippen LogP contribution in [0.1, 0.15) is 12.8 Å². The van der Waals surface area contributed by atoms with Crippen molar-refractivity contribution in [2.75, 3.05) is 0 Å². The summed E-state index contributed by atoms with van der Waals surface area (Å²) in [6, 6.07) is 2.14. The van der Waals surface area contributed by atoms with Gasteiger partial charge in [0, 0.05) is 5.57 Å². The zero-order chi connectivity index (χ0) is 7.40. The van der Waals surface area contributed by atoms with Gasteiger partial charge in [-0.3, -0.25) is 0 Å². The number of nitrogens with zero attached hydrogens (tertiary/aromatic N) is 1. The molecule has 0 fully saturated rings. The van der Waals surface area contributed by atoms with Crippen LogP contribution in [0, 0.1) is 11.3 Å². The lowest BCUT2D eigenvalue weighted by atomic mass is 10.0. The van der Waals surface area contributed by atoms with E-state index in [4.69, 9.17) is 5.26 Å². The topological polar surface area (TPSA) is 23.8 Å². The summed E-state index contributed by atoms with van der Waals surface area (Å²) in [7, 11) is 0. The van der Waals surface area contributed by atoms with Gasteiger partial charge < -0.3 is 0 Å². The van der Waals surface area contributed by atoms with Gasteiger partial charge in [0.2, 0.25) is 0 Å². The summed E-state index contributed by atoms with van der Waals surface area (Å²) >= 11 is 0. The smallest absolute Gasteiger partial charge is 0.0947 e. The minimum atomic E-state index is 0.859. The van der Waals surface area contributed by atoms with Crippen LogP contribution in [-0.2, 0) is 0 Å². The molecule has 0 saturated heterocycles. The first kappa shape index (κ1) is 6.82. The third-order valence-electron chi connectivity index (χ3n) is 1.51. The van der Waals surface area contributed by atoms with E-state index in [2.05, 4.69) is 18.7 Å². The summed E-state index contributed by atoms with van der Waals surface area (Å²) in [6.45, 7) is 3.63. The van der Waals surface area contributed by atoms with Gasteiger partial charge >= 0.3 is 0 Å². The predicted octanol–water partition coefficient (Wildman–Crippen LogP) is 2.34. The van der Waals surface area contributed by atoms with Crippen LogP contribution in [0.25, 0.3) is 0 Å². The minimum absolute atomic E-state index is 0.859. The van der Waals surface area contributed by atoms with Gasteiger partial charge in [0.15, 0.2) is 0 Å². The van der Waals surface area contributed by atoms with Crippen molar-refractivity contribution in [2.45, 2.75) is 12.8 Å². The van der Waals surface area contributed by atoms with Gasteiger partial charge in [0.05, 0.1) is 6.07 Å². The maximum Gasteiger partial charge on any atom is 0.0947 e. The van der Waals surface area contributed by atoms with E-state index < -0.39 is 0 Å². The summed E-state index contributed by atoms with van der Waals surface area (Å²) in [4.78, 5) is 0. The Bertz CT molecular complexity index is 238. The standard InChI is InChI=1S/C9H9N/c1-2-8-4-3-5-9(6-8)7-10/h2,4,6H,1,3,5H2. The molecule has 0 aromatic carbocycles. The number of hydrogen-bond donors (Lipinski definition) is 0. The van der Waals surface area contributed by atoms with Crippen LogP contribution in [0.3, 0.4) is 0 Å². The molecule has 0 unspecified atom stereocenters. The molecule has 10 heavy (non-hydrogen) atoms. The summed E-state index contributed by atoms with van der Waals surface area (Å²) in [6.07, 6.45) is 7.61. The van der Waals surface area contributed by atoms with E-state index in [1.54, 1.807) is 6.08 Å². The lowest BCUT2D eigenvalue weighted by Crippen LogP contribution is -1.87. The second kappa shape index (κ2) is 3.03. The van der Waals surface area contributed by atoms with Crippen LogP contribution in [0.2, 0.25) is 0 Å². The Morgan fingerprint density at radius 2 is 2.50 bits per heavy atom. The first-order chi connectivity index (χ1) is 4.86. The average molecular weight is 131 g/mol. The molecular weight excluding hydrogens is 122 g/mol. The second-order valence-electron chi connectivity index (χ2n) is 2.23. The molecule has 1 rings (SSSR count). The molecule has 0 bridgehead atoms.